The Morgan fingerprint density at radius 3 is 0.545 bits per heavy atom. The van der Waals surface area contributed by atoms with E-state index in [1.165, 1.54) is 19.3 Å². The van der Waals surface area contributed by atoms with E-state index in [-0.39, 0.29) is 89.9 Å². The van der Waals surface area contributed by atoms with E-state index >= 15 is 0 Å². The molecule has 15 aromatic rings. The average molecular weight is 1660 g/mol. The Morgan fingerprint density at radius 1 is 0.215 bits per heavy atom. The van der Waals surface area contributed by atoms with Crippen LogP contribution in [0.3, 0.4) is 0 Å². The Balaban J connectivity index is 0.000000484. The van der Waals surface area contributed by atoms with Gasteiger partial charge in [-0.2, -0.15) is 12.6 Å². The maximum absolute atomic E-state index is 9.79. The number of thiol groups is 1. The molecule has 16 heteroatoms. The molecule has 15 aromatic carbocycles. The van der Waals surface area contributed by atoms with E-state index in [4.69, 9.17) is 40.9 Å². The van der Waals surface area contributed by atoms with Crippen LogP contribution in [0.5, 0.6) is 86.2 Å². The van der Waals surface area contributed by atoms with Crippen molar-refractivity contribution in [3.63, 3.8) is 0 Å². The first-order chi connectivity index (χ1) is 57.1. The summed E-state index contributed by atoms with van der Waals surface area (Å²) in [6, 6.07) is 100. The fourth-order valence-corrected chi connectivity index (χ4v) is 11.3. The molecule has 15 nitrogen and oxygen atoms in total. The Kier molecular flexibility index (Phi) is 47.5. The molecule has 0 aliphatic carbocycles. The van der Waals surface area contributed by atoms with Crippen molar-refractivity contribution < 1.29 is 76.6 Å². The second kappa shape index (κ2) is 55.7. The van der Waals surface area contributed by atoms with Crippen molar-refractivity contribution in [2.45, 2.75) is 121 Å². The molecule has 15 N–H and O–H groups in total. The highest BCUT2D eigenvalue weighted by atomic mass is 32.1. The molecular weight excluding hydrogens is 1530 g/mol. The van der Waals surface area contributed by atoms with Crippen molar-refractivity contribution in [1.82, 2.24) is 0 Å². The molecule has 0 radical (unpaired) electrons. The average Bonchev–Trinajstić information content (AvgIpc) is 0.742. The summed E-state index contributed by atoms with van der Waals surface area (Å²) in [5, 5.41) is 144. The summed E-state index contributed by atoms with van der Waals surface area (Å²) in [4.78, 5) is 0. The molecule has 0 saturated carbocycles. The van der Waals surface area contributed by atoms with Gasteiger partial charge in [-0.3, -0.25) is 0 Å². The molecule has 0 atom stereocenters. The number of benzene rings is 15. The van der Waals surface area contributed by atoms with Gasteiger partial charge in [-0.15, -0.1) is 0 Å². The van der Waals surface area contributed by atoms with E-state index in [1.54, 1.807) is 182 Å². The number of hydrogen-bond donors (Lipinski definition) is 16. The van der Waals surface area contributed by atoms with Gasteiger partial charge in [0.15, 0.2) is 0 Å². The Morgan fingerprint density at radius 2 is 0.380 bits per heavy atom. The van der Waals surface area contributed by atoms with E-state index in [2.05, 4.69) is 61.1 Å². The fraction of sp³-hybridized carbons (Fsp3) is 0.181. The lowest BCUT2D eigenvalue weighted by molar-refractivity contribution is 0.470. The van der Waals surface area contributed by atoms with Crippen LogP contribution in [0.15, 0.2) is 346 Å². The number of hydrogen-bond acceptors (Lipinski definition) is 16. The minimum atomic E-state index is -0.477. The lowest BCUT2D eigenvalue weighted by Crippen LogP contribution is -2.25. The van der Waals surface area contributed by atoms with Crippen LogP contribution in [0.2, 0.25) is 0 Å². The zero-order valence-corrected chi connectivity index (χ0v) is 70.2. The molecule has 0 unspecified atom stereocenters. The Bertz CT molecular complexity index is 4680. The summed E-state index contributed by atoms with van der Waals surface area (Å²) in [6.45, 7) is 20.4. The first-order valence-electron chi connectivity index (χ1n) is 38.9. The molecule has 0 spiro atoms. The second-order valence-corrected chi connectivity index (χ2v) is 27.3. The predicted molar refractivity (Wildman–Crippen MR) is 503 cm³/mol. The summed E-state index contributed by atoms with van der Waals surface area (Å²) in [5.41, 5.74) is 9.27. The first kappa shape index (κ1) is 103. The minimum absolute atomic E-state index is 0. The van der Waals surface area contributed by atoms with Crippen molar-refractivity contribution in [1.29, 1.82) is 0 Å². The number of rotatable bonds is 8. The molecule has 0 bridgehead atoms. The zero-order valence-electron chi connectivity index (χ0n) is 69.3. The normalized spacial score (nSPS) is 9.77. The Hall–Kier alpha value is -13.8. The van der Waals surface area contributed by atoms with E-state index in [0.717, 1.165) is 77.2 Å². The van der Waals surface area contributed by atoms with Crippen LogP contribution in [0.4, 0.5) is 0 Å². The fourth-order valence-electron chi connectivity index (χ4n) is 11.3. The highest BCUT2D eigenvalue weighted by Gasteiger charge is 2.32. The van der Waals surface area contributed by atoms with E-state index in [0.29, 0.717) is 23.0 Å². The van der Waals surface area contributed by atoms with Crippen LogP contribution in [-0.2, 0) is 5.41 Å². The molecule has 15 rings (SSSR count). The van der Waals surface area contributed by atoms with E-state index in [1.807, 2.05) is 191 Å². The number of aromatic hydroxyl groups is 15. The molecule has 0 heterocycles. The van der Waals surface area contributed by atoms with Gasteiger partial charge in [0.05, 0.1) is 0 Å². The number of phenols is 15. The minimum Gasteiger partial charge on any atom is -0.508 e. The van der Waals surface area contributed by atoms with Crippen molar-refractivity contribution in [3.05, 3.63) is 401 Å². The summed E-state index contributed by atoms with van der Waals surface area (Å²) < 4.78 is 0. The third kappa shape index (κ3) is 35.9. The van der Waals surface area contributed by atoms with Crippen LogP contribution in [0.1, 0.15) is 150 Å². The third-order valence-electron chi connectivity index (χ3n) is 17.4. The highest BCUT2D eigenvalue weighted by Crippen LogP contribution is 2.45. The third-order valence-corrected chi connectivity index (χ3v) is 17.4. The number of para-hydroxylation sites is 4. The number of fused-ring (bicyclic) bond motifs is 2. The van der Waals surface area contributed by atoms with Crippen LogP contribution in [0, 0.1) is 20.8 Å². The number of aryl methyl sites for hydroxylation is 3. The standard InChI is InChI=1S/C26H22O4.C20H18O3.2C10H8O2.3C7H8O.C6H6O.3C3H8.CH4S.2CH4/c27-21-9-1-17(2-10-21)25(18-3-11-22(28)12-4-18)26(19-5-13-23(29)14-6-19)20-7-15-24(30)16-8-20;1-20(14-2-8-17(21)9-3-14,15-4-10-18(22)11-5-15)16-6-12-19(23)13-7-16;2*11-9-3-1-7-2-4-10(12)6-8(7)5-9;3*1-6-4-2-3-5-7(6)8;7-6-4-2-1-3-5-6;3*1-3-2;1-2;;/h1-16,25-30H;2-13,21-23H,1H3;2*1-6,11-12H;3*2-5,8H,1H3;1-5,7H;3*3H2,1-2H3;2H,1H3;2*1H4. The van der Waals surface area contributed by atoms with Crippen LogP contribution in [0.25, 0.3) is 21.5 Å². The zero-order chi connectivity index (χ0) is 87.8. The lowest BCUT2D eigenvalue weighted by atomic mass is 9.71. The topological polar surface area (TPSA) is 303 Å². The van der Waals surface area contributed by atoms with E-state index in [9.17, 15) is 35.7 Å². The highest BCUT2D eigenvalue weighted by molar-refractivity contribution is 7.79. The molecule has 0 saturated heterocycles. The van der Waals surface area contributed by atoms with Crippen LogP contribution in [-0.4, -0.2) is 82.9 Å². The Labute approximate surface area is 721 Å². The van der Waals surface area contributed by atoms with Gasteiger partial charge in [0.2, 0.25) is 0 Å². The molecule has 0 aliphatic rings. The second-order valence-electron chi connectivity index (χ2n) is 27.3. The van der Waals surface area contributed by atoms with Crippen molar-refractivity contribution >= 4 is 34.2 Å². The maximum Gasteiger partial charge on any atom is 0.118 e. The lowest BCUT2D eigenvalue weighted by Gasteiger charge is -2.32. The monoisotopic (exact) mass is 1650 g/mol. The van der Waals surface area contributed by atoms with Crippen molar-refractivity contribution in [2.24, 2.45) is 0 Å². The molecular formula is C105H122O15S. The molecule has 121 heavy (non-hydrogen) atoms. The smallest absolute Gasteiger partial charge is 0.118 e. The van der Waals surface area contributed by atoms with Crippen molar-refractivity contribution in [2.75, 3.05) is 6.26 Å². The summed E-state index contributed by atoms with van der Waals surface area (Å²) in [5.74, 6) is 3.41. The van der Waals surface area contributed by atoms with E-state index < -0.39 is 5.41 Å². The summed E-state index contributed by atoms with van der Waals surface area (Å²) >= 11 is 3.53. The first-order valence-corrected chi connectivity index (χ1v) is 39.8. The van der Waals surface area contributed by atoms with Crippen molar-refractivity contribution in [3.8, 4) is 86.2 Å². The predicted octanol–water partition coefficient (Wildman–Crippen LogP) is 26.7. The quantitative estimate of drug-likeness (QED) is 0.0497. The number of phenolic OH excluding ortho intramolecular Hbond substituents is 15. The SMILES string of the molecule is C.C.CC(c1ccc(O)cc1)(c1ccc(O)cc1)c1ccc(O)cc1.CCC.CCC.CCC.CS.Cc1ccccc1O.Cc1ccccc1O.Cc1ccccc1O.Oc1ccc(C(c2ccc(O)cc2)C(c2ccc(O)cc2)c2ccc(O)cc2)cc1.Oc1ccc2ccc(O)cc2c1.Oc1ccc2ccc(O)cc2c1.Oc1ccccc1. The summed E-state index contributed by atoms with van der Waals surface area (Å²) in [7, 11) is 0. The molecule has 0 aliphatic heterocycles. The van der Waals surface area contributed by atoms with Gasteiger partial charge >= 0.3 is 0 Å². The van der Waals surface area contributed by atoms with Gasteiger partial charge in [0, 0.05) is 17.3 Å². The van der Waals surface area contributed by atoms with Gasteiger partial charge in [-0.25, -0.2) is 0 Å². The molecule has 0 amide bonds. The van der Waals surface area contributed by atoms with Crippen LogP contribution >= 0.6 is 12.6 Å². The van der Waals surface area contributed by atoms with Gasteiger partial charge in [-0.05, 0) is 275 Å². The molecule has 0 fully saturated rings. The van der Waals surface area contributed by atoms with Gasteiger partial charge in [0.1, 0.15) is 86.2 Å². The molecule has 638 valence electrons. The largest absolute Gasteiger partial charge is 0.508 e. The van der Waals surface area contributed by atoms with Gasteiger partial charge in [0.25, 0.3) is 0 Å². The molecule has 0 aromatic heterocycles. The maximum atomic E-state index is 9.79. The van der Waals surface area contributed by atoms with Crippen LogP contribution < -0.4 is 0 Å². The van der Waals surface area contributed by atoms with Gasteiger partial charge < -0.3 is 76.6 Å². The van der Waals surface area contributed by atoms with Gasteiger partial charge in [-0.1, -0.05) is 258 Å². The summed E-state index contributed by atoms with van der Waals surface area (Å²) in [6.07, 6.45) is 5.44.